The number of primary amides is 2. The van der Waals surface area contributed by atoms with Gasteiger partial charge in [0.1, 0.15) is 0 Å². The quantitative estimate of drug-likeness (QED) is 0.292. The Morgan fingerprint density at radius 2 is 1.44 bits per heavy atom. The maximum atomic E-state index is 10.8. The van der Waals surface area contributed by atoms with Gasteiger partial charge in [-0.1, -0.05) is 0 Å². The summed E-state index contributed by atoms with van der Waals surface area (Å²) in [5.41, 5.74) is 9.85. The summed E-state index contributed by atoms with van der Waals surface area (Å²) in [5, 5.41) is 0.579. The number of nitrogens with two attached hydrogens (primary N) is 2. The Balaban J connectivity index is 0.000000385. The number of rotatable bonds is 1. The number of imide groups is 1. The fourth-order valence-electron chi connectivity index (χ4n) is 0.763. The van der Waals surface area contributed by atoms with Crippen molar-refractivity contribution in [2.24, 2.45) is 11.5 Å². The van der Waals surface area contributed by atoms with Gasteiger partial charge in [-0.25, -0.2) is 0 Å². The molecule has 1 saturated heterocycles. The van der Waals surface area contributed by atoms with Crippen LogP contribution in [0.5, 0.6) is 0 Å². The lowest BCUT2D eigenvalue weighted by atomic mass is 10.3. The number of halogens is 4. The lowest BCUT2D eigenvalue weighted by Crippen LogP contribution is -2.29. The zero-order valence-corrected chi connectivity index (χ0v) is 7.83. The fraction of sp³-hybridized carbons (Fsp3) is 0.400. The average Bonchev–Trinajstić information content (AvgIpc) is 2.32. The van der Waals surface area contributed by atoms with Crippen molar-refractivity contribution in [1.82, 2.24) is 5.06 Å². The molecule has 1 heterocycles. The van der Waals surface area contributed by atoms with E-state index >= 15 is 0 Å². The van der Waals surface area contributed by atoms with Gasteiger partial charge in [0.25, 0.3) is 0 Å². The van der Waals surface area contributed by atoms with E-state index in [4.69, 9.17) is 11.5 Å². The molecule has 1 fully saturated rings. The van der Waals surface area contributed by atoms with Gasteiger partial charge in [0.05, 0.1) is 5.06 Å². The molecule has 11 heteroatoms. The van der Waals surface area contributed by atoms with E-state index in [1.807, 2.05) is 0 Å². The first-order chi connectivity index (χ1) is 7.11. The Hall–Kier alpha value is -1.81. The summed E-state index contributed by atoms with van der Waals surface area (Å²) in [5.74, 6) is -0.827. The number of carbonyl (C=O) groups is 2. The van der Waals surface area contributed by atoms with Crippen LogP contribution in [0.15, 0.2) is 0 Å². The molecule has 0 unspecified atom stereocenters. The molecule has 0 atom stereocenters. The maximum Gasteiger partial charge on any atom is 0.673 e. The molecule has 0 aromatic carbocycles. The first kappa shape index (κ1) is 14.2. The third-order valence-electron chi connectivity index (χ3n) is 1.20. The zero-order chi connectivity index (χ0) is 12.9. The topological polar surface area (TPSA) is 101 Å². The summed E-state index contributed by atoms with van der Waals surface area (Å²) < 4.78 is 43.4. The number of hydrogen-bond donors (Lipinski definition) is 2. The summed E-state index contributed by atoms with van der Waals surface area (Å²) in [6, 6.07) is -0.409. The summed E-state index contributed by atoms with van der Waals surface area (Å²) in [4.78, 5) is 21.6. The summed E-state index contributed by atoms with van der Waals surface area (Å²) in [6.07, 6.45) is 0.318. The van der Waals surface area contributed by atoms with Crippen molar-refractivity contribution in [3.05, 3.63) is 0 Å². The molecule has 16 heavy (non-hydrogen) atoms. The van der Waals surface area contributed by atoms with Gasteiger partial charge < -0.3 is 17.3 Å². The van der Waals surface area contributed by atoms with Crippen LogP contribution in [0.3, 0.4) is 0 Å². The second kappa shape index (κ2) is 5.33. The molecule has 92 valence electrons. The highest BCUT2D eigenvalue weighted by Crippen LogP contribution is 2.13. The number of hydrogen-bond acceptors (Lipinski definition) is 2. The van der Waals surface area contributed by atoms with Crippen LogP contribution in [-0.2, 0) is 9.59 Å². The highest BCUT2D eigenvalue weighted by atomic mass is 19.5. The van der Waals surface area contributed by atoms with Gasteiger partial charge >= 0.3 is 25.1 Å². The Bertz CT molecular complexity index is 293. The molecule has 6 nitrogen and oxygen atoms in total. The molecule has 1 aliphatic rings. The van der Waals surface area contributed by atoms with Crippen LogP contribution in [-0.4, -0.2) is 30.2 Å². The normalized spacial score (nSPS) is 15.6. The van der Waals surface area contributed by atoms with Crippen molar-refractivity contribution < 1.29 is 31.4 Å². The van der Waals surface area contributed by atoms with Crippen molar-refractivity contribution in [2.75, 3.05) is 0 Å². The minimum Gasteiger partial charge on any atom is -0.418 e. The molecule has 0 aliphatic carbocycles. The van der Waals surface area contributed by atoms with Gasteiger partial charge in [-0.2, -0.15) is 0 Å². The van der Waals surface area contributed by atoms with Crippen LogP contribution in [0.2, 0.25) is 0 Å². The summed E-state index contributed by atoms with van der Waals surface area (Å²) in [6.45, 7) is 0. The number of urea groups is 1. The molecule has 0 radical (unpaired) electrons. The van der Waals surface area contributed by atoms with E-state index < -0.39 is 25.1 Å². The number of hydroxylamine groups is 2. The molecule has 0 spiro atoms. The van der Waals surface area contributed by atoms with E-state index in [9.17, 15) is 26.9 Å². The lowest BCUT2D eigenvalue weighted by Gasteiger charge is -1.94. The van der Waals surface area contributed by atoms with Crippen LogP contribution >= 0.6 is 0 Å². The number of amides is 4. The minimum atomic E-state index is -6.00. The predicted octanol–water partition coefficient (Wildman–Crippen LogP) is -0.0765. The Morgan fingerprint density at radius 3 is 1.69 bits per heavy atom. The third kappa shape index (κ3) is 6.62. The highest BCUT2D eigenvalue weighted by molar-refractivity contribution is 6.50. The molecule has 1 aliphatic heterocycles. The largest absolute Gasteiger partial charge is 0.673 e. The molecule has 0 aromatic heterocycles. The van der Waals surface area contributed by atoms with Crippen LogP contribution in [0.25, 0.3) is 0 Å². The monoisotopic (exact) mass is 245 g/mol. The van der Waals surface area contributed by atoms with E-state index in [-0.39, 0.29) is 12.8 Å². The van der Waals surface area contributed by atoms with Crippen molar-refractivity contribution in [3.8, 4) is 0 Å². The van der Waals surface area contributed by atoms with Crippen molar-refractivity contribution in [3.63, 3.8) is 0 Å². The number of carbonyl (C=O) groups excluding carboxylic acids is 3. The zero-order valence-electron chi connectivity index (χ0n) is 7.83. The summed E-state index contributed by atoms with van der Waals surface area (Å²) in [7, 11) is -6.00. The second-order valence-corrected chi connectivity index (χ2v) is 2.57. The predicted molar refractivity (Wildman–Crippen MR) is 45.0 cm³/mol. The smallest absolute Gasteiger partial charge is 0.418 e. The Morgan fingerprint density at radius 1 is 1.12 bits per heavy atom. The van der Waals surface area contributed by atoms with Gasteiger partial charge in [-0.3, -0.25) is 21.1 Å². The minimum absolute atomic E-state index is 0.159. The fourth-order valence-corrected chi connectivity index (χ4v) is 0.763. The average molecular weight is 245 g/mol. The molecule has 0 bridgehead atoms. The molecule has 0 saturated carbocycles. The Labute approximate surface area is 86.9 Å². The SMILES string of the molecule is F[B-](F)(F)F.NC(N)=[O+]N1C(=O)CCC1=O. The van der Waals surface area contributed by atoms with E-state index in [1.165, 1.54) is 0 Å². The molecule has 1 rings (SSSR count). The van der Waals surface area contributed by atoms with Crippen molar-refractivity contribution in [1.29, 1.82) is 0 Å². The molecular weight excluding hydrogens is 237 g/mol. The molecular formula is C5H8BF4N3O3. The van der Waals surface area contributed by atoms with Crippen LogP contribution in [0.1, 0.15) is 12.8 Å². The van der Waals surface area contributed by atoms with Gasteiger partial charge in [-0.15, -0.1) is 0 Å². The molecule has 0 aromatic rings. The number of nitrogens with zero attached hydrogens (tertiary/aromatic N) is 1. The Kier molecular flexibility index (Phi) is 4.73. The van der Waals surface area contributed by atoms with Gasteiger partial charge in [0, 0.05) is 12.8 Å². The van der Waals surface area contributed by atoms with Crippen molar-refractivity contribution in [2.45, 2.75) is 12.8 Å². The van der Waals surface area contributed by atoms with E-state index in [1.54, 1.807) is 0 Å². The van der Waals surface area contributed by atoms with Crippen LogP contribution in [0, 0.1) is 0 Å². The summed E-state index contributed by atoms with van der Waals surface area (Å²) >= 11 is 0. The van der Waals surface area contributed by atoms with E-state index in [2.05, 4.69) is 4.53 Å². The first-order valence-corrected chi connectivity index (χ1v) is 3.90. The van der Waals surface area contributed by atoms with Crippen LogP contribution in [0.4, 0.5) is 21.8 Å². The van der Waals surface area contributed by atoms with Crippen molar-refractivity contribution >= 4 is 25.1 Å². The third-order valence-corrected chi connectivity index (χ3v) is 1.20. The lowest BCUT2D eigenvalue weighted by molar-refractivity contribution is -0.337. The van der Waals surface area contributed by atoms with Gasteiger partial charge in [-0.05, 0) is 4.53 Å². The van der Waals surface area contributed by atoms with E-state index in [0.717, 1.165) is 0 Å². The van der Waals surface area contributed by atoms with Crippen LogP contribution < -0.4 is 11.5 Å². The van der Waals surface area contributed by atoms with Gasteiger partial charge in [0.2, 0.25) is 0 Å². The molecule has 4 N–H and O–H groups in total. The molecule has 4 amide bonds. The first-order valence-electron chi connectivity index (χ1n) is 3.90. The second-order valence-electron chi connectivity index (χ2n) is 2.57. The van der Waals surface area contributed by atoms with E-state index in [0.29, 0.717) is 5.06 Å². The standard InChI is InChI=1S/C5H8N3O3.BF4/c6-5(7)11-8-3(9)1-2-4(8)10;2-1(3,4)5/h1-2,6-7H2;/q+1;-1. The highest BCUT2D eigenvalue weighted by Gasteiger charge is 2.38. The maximum absolute atomic E-state index is 10.8. The van der Waals surface area contributed by atoms with Gasteiger partial charge in [0.15, 0.2) is 0 Å².